The van der Waals surface area contributed by atoms with E-state index in [0.29, 0.717) is 5.56 Å². The molecule has 0 aliphatic heterocycles. The first-order chi connectivity index (χ1) is 6.16. The van der Waals surface area contributed by atoms with Crippen molar-refractivity contribution in [2.24, 2.45) is 5.92 Å². The maximum Gasteiger partial charge on any atom is 0.181 e. The van der Waals surface area contributed by atoms with Gasteiger partial charge in [-0.1, -0.05) is 0 Å². The fraction of sp³-hybridized carbons (Fsp3) is 0.333. The molecule has 1 aromatic heterocycles. The summed E-state index contributed by atoms with van der Waals surface area (Å²) in [4.78, 5) is 11.5. The van der Waals surface area contributed by atoms with Crippen LogP contribution in [0.2, 0.25) is 0 Å². The normalized spacial score (nSPS) is 11.8. The highest BCUT2D eigenvalue weighted by Crippen LogP contribution is 2.10. The molecule has 66 valence electrons. The second kappa shape index (κ2) is 3.76. The van der Waals surface area contributed by atoms with Crippen LogP contribution in [0.3, 0.4) is 0 Å². The van der Waals surface area contributed by atoms with E-state index in [1.54, 1.807) is 13.8 Å². The Balaban J connectivity index is 3.04. The smallest absolute Gasteiger partial charge is 0.181 e. The van der Waals surface area contributed by atoms with Crippen LogP contribution >= 0.6 is 0 Å². The highest BCUT2D eigenvalue weighted by Gasteiger charge is 2.16. The Morgan fingerprint density at radius 1 is 1.54 bits per heavy atom. The number of ketones is 1. The third-order valence-electron chi connectivity index (χ3n) is 1.78. The van der Waals surface area contributed by atoms with E-state index in [1.165, 1.54) is 12.4 Å². The predicted molar refractivity (Wildman–Crippen MR) is 45.9 cm³/mol. The fourth-order valence-corrected chi connectivity index (χ4v) is 0.932. The minimum Gasteiger partial charge on any atom is -0.293 e. The van der Waals surface area contributed by atoms with Crippen LogP contribution in [-0.4, -0.2) is 16.0 Å². The summed E-state index contributed by atoms with van der Waals surface area (Å²) in [5, 5.41) is 15.8. The van der Waals surface area contributed by atoms with E-state index in [1.807, 2.05) is 6.07 Å². The predicted octanol–water partition coefficient (Wildman–Crippen LogP) is 1.13. The molecule has 0 bridgehead atoms. The topological polar surface area (TPSA) is 66.6 Å². The monoisotopic (exact) mass is 175 g/mol. The van der Waals surface area contributed by atoms with Gasteiger partial charge in [0.15, 0.2) is 5.78 Å². The van der Waals surface area contributed by atoms with Gasteiger partial charge < -0.3 is 0 Å². The zero-order valence-corrected chi connectivity index (χ0v) is 7.48. The molecule has 0 aliphatic rings. The number of hydrogen-bond acceptors (Lipinski definition) is 4. The first-order valence-corrected chi connectivity index (χ1v) is 3.88. The maximum absolute atomic E-state index is 11.5. The summed E-state index contributed by atoms with van der Waals surface area (Å²) in [7, 11) is 0. The van der Waals surface area contributed by atoms with Gasteiger partial charge in [-0.15, -0.1) is 0 Å². The van der Waals surface area contributed by atoms with Crippen LogP contribution in [0.1, 0.15) is 22.8 Å². The molecule has 0 spiro atoms. The van der Waals surface area contributed by atoms with Gasteiger partial charge in [0.05, 0.1) is 18.5 Å². The average molecular weight is 175 g/mol. The molecule has 1 unspecified atom stereocenters. The molecule has 1 atom stereocenters. The first kappa shape index (κ1) is 9.33. The maximum atomic E-state index is 11.5. The van der Waals surface area contributed by atoms with Crippen LogP contribution in [0, 0.1) is 24.2 Å². The molecule has 0 saturated carbocycles. The molecular formula is C9H9N3O. The number of nitrogens with zero attached hydrogens (tertiary/aromatic N) is 3. The van der Waals surface area contributed by atoms with E-state index in [2.05, 4.69) is 10.2 Å². The Morgan fingerprint density at radius 2 is 2.15 bits per heavy atom. The van der Waals surface area contributed by atoms with Gasteiger partial charge in [-0.3, -0.25) is 4.79 Å². The van der Waals surface area contributed by atoms with Gasteiger partial charge >= 0.3 is 0 Å². The van der Waals surface area contributed by atoms with Gasteiger partial charge in [-0.2, -0.15) is 15.5 Å². The number of aryl methyl sites for hydroxylation is 1. The summed E-state index contributed by atoms with van der Waals surface area (Å²) in [6.45, 7) is 3.34. The van der Waals surface area contributed by atoms with Crippen LogP contribution in [0.25, 0.3) is 0 Å². The van der Waals surface area contributed by atoms with Crippen LogP contribution in [0.5, 0.6) is 0 Å². The number of rotatable bonds is 2. The Kier molecular flexibility index (Phi) is 2.70. The van der Waals surface area contributed by atoms with Gasteiger partial charge in [0.1, 0.15) is 5.92 Å². The Morgan fingerprint density at radius 3 is 2.69 bits per heavy atom. The molecule has 4 nitrogen and oxygen atoms in total. The minimum atomic E-state index is -0.622. The lowest BCUT2D eigenvalue weighted by atomic mass is 10.00. The van der Waals surface area contributed by atoms with Crippen LogP contribution in [-0.2, 0) is 0 Å². The van der Waals surface area contributed by atoms with E-state index in [9.17, 15) is 4.79 Å². The summed E-state index contributed by atoms with van der Waals surface area (Å²) in [6, 6.07) is 1.89. The second-order valence-corrected chi connectivity index (χ2v) is 2.80. The Bertz CT molecular complexity index is 367. The zero-order valence-electron chi connectivity index (χ0n) is 7.48. The third-order valence-corrected chi connectivity index (χ3v) is 1.78. The molecular weight excluding hydrogens is 166 g/mol. The van der Waals surface area contributed by atoms with Gasteiger partial charge in [-0.05, 0) is 19.4 Å². The summed E-state index contributed by atoms with van der Waals surface area (Å²) in [6.07, 6.45) is 2.91. The highest BCUT2D eigenvalue weighted by atomic mass is 16.1. The Labute approximate surface area is 76.2 Å². The summed E-state index contributed by atoms with van der Waals surface area (Å²) >= 11 is 0. The van der Waals surface area contributed by atoms with Gasteiger partial charge in [-0.25, -0.2) is 0 Å². The van der Waals surface area contributed by atoms with E-state index in [4.69, 9.17) is 5.26 Å². The SMILES string of the molecule is Cc1cnncc1C(=O)C(C)C#N. The lowest BCUT2D eigenvalue weighted by molar-refractivity contribution is 0.0955. The molecule has 4 heteroatoms. The van der Waals surface area contributed by atoms with Crippen molar-refractivity contribution in [1.82, 2.24) is 10.2 Å². The van der Waals surface area contributed by atoms with Crippen LogP contribution in [0.4, 0.5) is 0 Å². The Hall–Kier alpha value is -1.76. The van der Waals surface area contributed by atoms with Gasteiger partial charge in [0.2, 0.25) is 0 Å². The zero-order chi connectivity index (χ0) is 9.84. The second-order valence-electron chi connectivity index (χ2n) is 2.80. The van der Waals surface area contributed by atoms with E-state index >= 15 is 0 Å². The molecule has 13 heavy (non-hydrogen) atoms. The molecule has 0 aromatic carbocycles. The summed E-state index contributed by atoms with van der Waals surface area (Å²) in [5.74, 6) is -0.821. The molecule has 0 radical (unpaired) electrons. The molecule has 0 N–H and O–H groups in total. The molecule has 0 saturated heterocycles. The van der Waals surface area contributed by atoms with E-state index in [0.717, 1.165) is 5.56 Å². The lowest BCUT2D eigenvalue weighted by Gasteiger charge is -2.03. The number of hydrogen-bond donors (Lipinski definition) is 0. The van der Waals surface area contributed by atoms with Crippen molar-refractivity contribution in [3.8, 4) is 6.07 Å². The number of aromatic nitrogens is 2. The number of carbonyl (C=O) groups is 1. The van der Waals surface area contributed by atoms with E-state index < -0.39 is 5.92 Å². The van der Waals surface area contributed by atoms with Gasteiger partial charge in [0.25, 0.3) is 0 Å². The minimum absolute atomic E-state index is 0.199. The van der Waals surface area contributed by atoms with Crippen LogP contribution in [0.15, 0.2) is 12.4 Å². The average Bonchev–Trinajstić information content (AvgIpc) is 2.16. The summed E-state index contributed by atoms with van der Waals surface area (Å²) in [5.41, 5.74) is 1.23. The standard InChI is InChI=1S/C9H9N3O/c1-6(3-10)9(13)8-5-12-11-4-7(8)2/h4-6H,1-2H3. The molecule has 0 fully saturated rings. The van der Waals surface area contributed by atoms with Crippen molar-refractivity contribution in [2.75, 3.05) is 0 Å². The number of Topliss-reactive ketones (excluding diaryl/α,β-unsaturated/α-hetero) is 1. The first-order valence-electron chi connectivity index (χ1n) is 3.88. The number of carbonyl (C=O) groups excluding carboxylic acids is 1. The highest BCUT2D eigenvalue weighted by molar-refractivity contribution is 5.99. The molecule has 0 aliphatic carbocycles. The van der Waals surface area contributed by atoms with Gasteiger partial charge in [0, 0.05) is 5.56 Å². The van der Waals surface area contributed by atoms with Crippen LogP contribution < -0.4 is 0 Å². The molecule has 1 aromatic rings. The fourth-order valence-electron chi connectivity index (χ4n) is 0.932. The molecule has 1 heterocycles. The van der Waals surface area contributed by atoms with Crippen molar-refractivity contribution >= 4 is 5.78 Å². The molecule has 0 amide bonds. The number of nitriles is 1. The van der Waals surface area contributed by atoms with Crippen molar-refractivity contribution in [1.29, 1.82) is 5.26 Å². The van der Waals surface area contributed by atoms with Crippen molar-refractivity contribution in [3.05, 3.63) is 23.5 Å². The van der Waals surface area contributed by atoms with E-state index in [-0.39, 0.29) is 5.78 Å². The quantitative estimate of drug-likeness (QED) is 0.632. The van der Waals surface area contributed by atoms with Crippen molar-refractivity contribution < 1.29 is 4.79 Å². The van der Waals surface area contributed by atoms with Crippen molar-refractivity contribution in [2.45, 2.75) is 13.8 Å². The van der Waals surface area contributed by atoms with Crippen molar-refractivity contribution in [3.63, 3.8) is 0 Å². The largest absolute Gasteiger partial charge is 0.293 e. The molecule has 1 rings (SSSR count). The summed E-state index contributed by atoms with van der Waals surface area (Å²) < 4.78 is 0. The third kappa shape index (κ3) is 1.88. The lowest BCUT2D eigenvalue weighted by Crippen LogP contribution is -2.11.